The number of nitrogens with one attached hydrogen (secondary N) is 3. The molecule has 9 heteroatoms. The summed E-state index contributed by atoms with van der Waals surface area (Å²) in [5.41, 5.74) is 5.16. The van der Waals surface area contributed by atoms with E-state index in [4.69, 9.17) is 5.73 Å². The van der Waals surface area contributed by atoms with Crippen LogP contribution in [0, 0.1) is 0 Å². The van der Waals surface area contributed by atoms with Crippen LogP contribution in [0.1, 0.15) is 38.5 Å². The first kappa shape index (κ1) is 19.2. The molecule has 1 saturated carbocycles. The number of rotatable bonds is 5. The summed E-state index contributed by atoms with van der Waals surface area (Å²) in [6.07, 6.45) is 4.05. The zero-order chi connectivity index (χ0) is 18.4. The van der Waals surface area contributed by atoms with Gasteiger partial charge in [-0.3, -0.25) is 9.59 Å². The Bertz CT molecular complexity index is 545. The fourth-order valence-electron chi connectivity index (χ4n) is 3.17. The summed E-state index contributed by atoms with van der Waals surface area (Å²) in [5.74, 6) is -1.25. The van der Waals surface area contributed by atoms with Crippen molar-refractivity contribution >= 4 is 17.8 Å². The normalized spacial score (nSPS) is 27.1. The van der Waals surface area contributed by atoms with Crippen LogP contribution in [0.3, 0.4) is 0 Å². The van der Waals surface area contributed by atoms with E-state index in [1.807, 2.05) is 0 Å². The highest BCUT2D eigenvalue weighted by atomic mass is 16.3. The van der Waals surface area contributed by atoms with Crippen LogP contribution in [0.4, 0.5) is 4.79 Å². The van der Waals surface area contributed by atoms with E-state index in [2.05, 4.69) is 16.0 Å². The average Bonchev–Trinajstić information content (AvgIpc) is 2.57. The van der Waals surface area contributed by atoms with Gasteiger partial charge in [-0.15, -0.1) is 0 Å². The van der Waals surface area contributed by atoms with Crippen LogP contribution in [0.15, 0.2) is 11.6 Å². The van der Waals surface area contributed by atoms with Crippen LogP contribution < -0.4 is 21.7 Å². The number of urea groups is 1. The predicted octanol–water partition coefficient (Wildman–Crippen LogP) is -1.36. The Morgan fingerprint density at radius 1 is 1.12 bits per heavy atom. The first-order chi connectivity index (χ1) is 11.9. The number of carbonyl (C=O) groups excluding carboxylic acids is 3. The third-order valence-corrected chi connectivity index (χ3v) is 4.52. The SMILES string of the molecule is NC(=O)CNC(=O)C1=CC(NC(=O)NC2CCCCC2)C(O)C(O)C1. The van der Waals surface area contributed by atoms with Gasteiger partial charge in [-0.25, -0.2) is 4.79 Å². The van der Waals surface area contributed by atoms with Crippen molar-refractivity contribution in [1.29, 1.82) is 0 Å². The van der Waals surface area contributed by atoms with Crippen molar-refractivity contribution in [2.45, 2.75) is 62.8 Å². The summed E-state index contributed by atoms with van der Waals surface area (Å²) in [5, 5.41) is 27.8. The van der Waals surface area contributed by atoms with Crippen molar-refractivity contribution in [3.63, 3.8) is 0 Å². The van der Waals surface area contributed by atoms with E-state index < -0.39 is 36.1 Å². The molecule has 7 N–H and O–H groups in total. The Labute approximate surface area is 146 Å². The summed E-state index contributed by atoms with van der Waals surface area (Å²) < 4.78 is 0. The van der Waals surface area contributed by atoms with E-state index in [0.717, 1.165) is 25.7 Å². The number of primary amides is 1. The van der Waals surface area contributed by atoms with Crippen molar-refractivity contribution in [2.75, 3.05) is 6.54 Å². The molecule has 140 valence electrons. The zero-order valence-corrected chi connectivity index (χ0v) is 14.0. The maximum Gasteiger partial charge on any atom is 0.315 e. The number of hydrogen-bond acceptors (Lipinski definition) is 5. The monoisotopic (exact) mass is 354 g/mol. The third-order valence-electron chi connectivity index (χ3n) is 4.52. The maximum atomic E-state index is 12.1. The van der Waals surface area contributed by atoms with E-state index in [-0.39, 0.29) is 24.6 Å². The van der Waals surface area contributed by atoms with Crippen LogP contribution in [0.2, 0.25) is 0 Å². The Kier molecular flexibility index (Phi) is 6.77. The molecule has 0 aromatic heterocycles. The van der Waals surface area contributed by atoms with E-state index >= 15 is 0 Å². The molecule has 2 aliphatic rings. The smallest absolute Gasteiger partial charge is 0.315 e. The molecular weight excluding hydrogens is 328 g/mol. The molecule has 0 aliphatic heterocycles. The van der Waals surface area contributed by atoms with E-state index in [0.29, 0.717) is 0 Å². The minimum Gasteiger partial charge on any atom is -0.390 e. The highest BCUT2D eigenvalue weighted by Gasteiger charge is 2.34. The summed E-state index contributed by atoms with van der Waals surface area (Å²) in [4.78, 5) is 34.8. The first-order valence-electron chi connectivity index (χ1n) is 8.57. The minimum absolute atomic E-state index is 0.0752. The number of nitrogens with two attached hydrogens (primary N) is 1. The second-order valence-corrected chi connectivity index (χ2v) is 6.58. The molecule has 2 aliphatic carbocycles. The topological polar surface area (TPSA) is 154 Å². The van der Waals surface area contributed by atoms with Gasteiger partial charge >= 0.3 is 6.03 Å². The van der Waals surface area contributed by atoms with E-state index in [9.17, 15) is 24.6 Å². The molecule has 1 fully saturated rings. The summed E-state index contributed by atoms with van der Waals surface area (Å²) in [6.45, 7) is -0.324. The molecule has 3 atom stereocenters. The quantitative estimate of drug-likeness (QED) is 0.360. The lowest BCUT2D eigenvalue weighted by Crippen LogP contribution is -2.54. The lowest BCUT2D eigenvalue weighted by molar-refractivity contribution is -0.123. The van der Waals surface area contributed by atoms with Gasteiger partial charge in [0.05, 0.1) is 18.7 Å². The Balaban J connectivity index is 1.95. The van der Waals surface area contributed by atoms with Gasteiger partial charge in [0.25, 0.3) is 0 Å². The summed E-state index contributed by atoms with van der Waals surface area (Å²) in [6, 6.07) is -1.25. The second kappa shape index (κ2) is 8.82. The number of hydrogen-bond donors (Lipinski definition) is 6. The number of amides is 4. The molecule has 4 amide bonds. The lowest BCUT2D eigenvalue weighted by atomic mass is 9.90. The van der Waals surface area contributed by atoms with Crippen LogP contribution in [0.25, 0.3) is 0 Å². The van der Waals surface area contributed by atoms with Gasteiger partial charge in [0, 0.05) is 18.0 Å². The Morgan fingerprint density at radius 2 is 1.80 bits per heavy atom. The van der Waals surface area contributed by atoms with Crippen molar-refractivity contribution < 1.29 is 24.6 Å². The Hall–Kier alpha value is -2.13. The van der Waals surface area contributed by atoms with Crippen LogP contribution in [0.5, 0.6) is 0 Å². The van der Waals surface area contributed by atoms with Gasteiger partial charge in [-0.2, -0.15) is 0 Å². The molecule has 25 heavy (non-hydrogen) atoms. The Morgan fingerprint density at radius 3 is 2.44 bits per heavy atom. The van der Waals surface area contributed by atoms with Gasteiger partial charge in [0.2, 0.25) is 11.8 Å². The van der Waals surface area contributed by atoms with Crippen LogP contribution in [-0.4, -0.2) is 58.9 Å². The van der Waals surface area contributed by atoms with Crippen molar-refractivity contribution in [2.24, 2.45) is 5.73 Å². The van der Waals surface area contributed by atoms with E-state index in [1.54, 1.807) is 0 Å². The fourth-order valence-corrected chi connectivity index (χ4v) is 3.17. The highest BCUT2D eigenvalue weighted by molar-refractivity contribution is 5.96. The van der Waals surface area contributed by atoms with Gasteiger partial charge < -0.3 is 31.9 Å². The molecule has 0 saturated heterocycles. The van der Waals surface area contributed by atoms with Crippen LogP contribution in [-0.2, 0) is 9.59 Å². The number of carbonyl (C=O) groups is 3. The molecule has 0 aromatic carbocycles. The minimum atomic E-state index is -1.22. The maximum absolute atomic E-state index is 12.1. The van der Waals surface area contributed by atoms with Gasteiger partial charge in [0.1, 0.15) is 6.10 Å². The molecule has 2 rings (SSSR count). The molecule has 0 heterocycles. The largest absolute Gasteiger partial charge is 0.390 e. The van der Waals surface area contributed by atoms with Gasteiger partial charge in [0.15, 0.2) is 0 Å². The van der Waals surface area contributed by atoms with Gasteiger partial charge in [-0.05, 0) is 12.8 Å². The number of aliphatic hydroxyl groups excluding tert-OH is 2. The molecule has 9 nitrogen and oxygen atoms in total. The summed E-state index contributed by atoms with van der Waals surface area (Å²) in [7, 11) is 0. The third kappa shape index (κ3) is 5.71. The molecule has 0 spiro atoms. The zero-order valence-electron chi connectivity index (χ0n) is 14.0. The van der Waals surface area contributed by atoms with Crippen molar-refractivity contribution in [3.8, 4) is 0 Å². The number of aliphatic hydroxyl groups is 2. The average molecular weight is 354 g/mol. The highest BCUT2D eigenvalue weighted by Crippen LogP contribution is 2.20. The van der Waals surface area contributed by atoms with Crippen LogP contribution >= 0.6 is 0 Å². The van der Waals surface area contributed by atoms with Crippen molar-refractivity contribution in [3.05, 3.63) is 11.6 Å². The lowest BCUT2D eigenvalue weighted by Gasteiger charge is -2.32. The molecule has 0 aromatic rings. The van der Waals surface area contributed by atoms with E-state index in [1.165, 1.54) is 12.5 Å². The molecular formula is C16H26N4O5. The molecule has 3 unspecified atom stereocenters. The predicted molar refractivity (Wildman–Crippen MR) is 89.2 cm³/mol. The standard InChI is InChI=1S/C16H26N4O5/c17-13(22)8-18-15(24)9-6-11(14(23)12(21)7-9)20-16(25)19-10-4-2-1-3-5-10/h6,10-12,14,21,23H,1-5,7-8H2,(H2,17,22)(H,18,24)(H2,19,20,25). The van der Waals surface area contributed by atoms with Gasteiger partial charge in [-0.1, -0.05) is 25.3 Å². The summed E-state index contributed by atoms with van der Waals surface area (Å²) >= 11 is 0. The molecule has 0 radical (unpaired) electrons. The molecule has 0 bridgehead atoms. The first-order valence-corrected chi connectivity index (χ1v) is 8.57. The fraction of sp³-hybridized carbons (Fsp3) is 0.688. The second-order valence-electron chi connectivity index (χ2n) is 6.58. The van der Waals surface area contributed by atoms with Crippen molar-refractivity contribution in [1.82, 2.24) is 16.0 Å².